The third-order valence-corrected chi connectivity index (χ3v) is 5.05. The Balaban J connectivity index is 1.86. The summed E-state index contributed by atoms with van der Waals surface area (Å²) in [5.74, 6) is 1.35. The molecule has 0 bridgehead atoms. The number of piperidine rings is 1. The zero-order valence-electron chi connectivity index (χ0n) is 14.8. The quantitative estimate of drug-likeness (QED) is 0.793. The van der Waals surface area contributed by atoms with E-state index in [0.717, 1.165) is 47.7 Å². The molecule has 1 saturated heterocycles. The number of ether oxygens (including phenoxy) is 1. The van der Waals surface area contributed by atoms with Crippen LogP contribution in [0.5, 0.6) is 5.75 Å². The number of hydrogen-bond donors (Lipinski definition) is 1. The van der Waals surface area contributed by atoms with Crippen molar-refractivity contribution >= 4 is 5.65 Å². The number of nitrogens with zero attached hydrogens (tertiary/aromatic N) is 3. The van der Waals surface area contributed by atoms with Crippen LogP contribution in [0.2, 0.25) is 0 Å². The fourth-order valence-electron chi connectivity index (χ4n) is 3.72. The maximum absolute atomic E-state index is 5.29. The summed E-state index contributed by atoms with van der Waals surface area (Å²) in [4.78, 5) is 4.67. The fraction of sp³-hybridized carbons (Fsp3) is 0.400. The van der Waals surface area contributed by atoms with Crippen molar-refractivity contribution in [3.8, 4) is 16.9 Å². The second-order valence-electron chi connectivity index (χ2n) is 6.55. The number of fused-ring (bicyclic) bond motifs is 1. The van der Waals surface area contributed by atoms with E-state index in [2.05, 4.69) is 39.9 Å². The average molecular weight is 336 g/mol. The third kappa shape index (κ3) is 2.89. The molecule has 5 heteroatoms. The molecule has 1 aromatic carbocycles. The summed E-state index contributed by atoms with van der Waals surface area (Å²) >= 11 is 0. The molecule has 0 unspecified atom stereocenters. The predicted octanol–water partition coefficient (Wildman–Crippen LogP) is 3.43. The summed E-state index contributed by atoms with van der Waals surface area (Å²) in [5.41, 5.74) is 5.57. The van der Waals surface area contributed by atoms with Gasteiger partial charge in [0.15, 0.2) is 5.65 Å². The maximum Gasteiger partial charge on any atom is 0.163 e. The molecule has 1 N–H and O–H groups in total. The zero-order valence-corrected chi connectivity index (χ0v) is 14.8. The standard InChI is InChI=1S/C20H24N4O/c1-3-17-19(14-6-8-16(25-2)9-7-14)20-22-12-10-18(24(20)23-17)15-5-4-11-21-13-15/h6-10,12,15,21H,3-5,11,13H2,1-2H3/t15-/m1/s1. The summed E-state index contributed by atoms with van der Waals surface area (Å²) in [6, 6.07) is 10.3. The molecule has 130 valence electrons. The number of rotatable bonds is 4. The Kier molecular flexibility index (Phi) is 4.40. The summed E-state index contributed by atoms with van der Waals surface area (Å²) in [7, 11) is 1.69. The van der Waals surface area contributed by atoms with E-state index in [4.69, 9.17) is 9.84 Å². The molecule has 2 aromatic heterocycles. The lowest BCUT2D eigenvalue weighted by molar-refractivity contribution is 0.415. The molecule has 3 aromatic rings. The van der Waals surface area contributed by atoms with Crippen molar-refractivity contribution in [3.05, 3.63) is 47.9 Å². The summed E-state index contributed by atoms with van der Waals surface area (Å²) in [6.07, 6.45) is 5.22. The SMILES string of the molecule is CCc1nn2c([C@@H]3CCCNC3)ccnc2c1-c1ccc(OC)cc1. The van der Waals surface area contributed by atoms with Gasteiger partial charge in [0.05, 0.1) is 18.5 Å². The van der Waals surface area contributed by atoms with Gasteiger partial charge in [-0.3, -0.25) is 0 Å². The van der Waals surface area contributed by atoms with E-state index < -0.39 is 0 Å². The van der Waals surface area contributed by atoms with Gasteiger partial charge in [0.1, 0.15) is 5.75 Å². The van der Waals surface area contributed by atoms with E-state index >= 15 is 0 Å². The Morgan fingerprint density at radius 1 is 1.24 bits per heavy atom. The second-order valence-corrected chi connectivity index (χ2v) is 6.55. The molecular weight excluding hydrogens is 312 g/mol. The van der Waals surface area contributed by atoms with E-state index in [1.165, 1.54) is 18.5 Å². The lowest BCUT2D eigenvalue weighted by Gasteiger charge is -2.23. The Labute approximate surface area is 148 Å². The minimum Gasteiger partial charge on any atom is -0.497 e. The van der Waals surface area contributed by atoms with Crippen molar-refractivity contribution < 1.29 is 4.74 Å². The molecule has 0 amide bonds. The largest absolute Gasteiger partial charge is 0.497 e. The maximum atomic E-state index is 5.29. The van der Waals surface area contributed by atoms with Crippen LogP contribution < -0.4 is 10.1 Å². The summed E-state index contributed by atoms with van der Waals surface area (Å²) < 4.78 is 7.35. The monoisotopic (exact) mass is 336 g/mol. The lowest BCUT2D eigenvalue weighted by Crippen LogP contribution is -2.29. The number of methoxy groups -OCH3 is 1. The van der Waals surface area contributed by atoms with E-state index in [1.807, 2.05) is 18.3 Å². The van der Waals surface area contributed by atoms with Crippen LogP contribution in [-0.2, 0) is 6.42 Å². The average Bonchev–Trinajstić information content (AvgIpc) is 3.07. The highest BCUT2D eigenvalue weighted by Crippen LogP contribution is 2.32. The molecule has 3 heterocycles. The van der Waals surface area contributed by atoms with Crippen molar-refractivity contribution in [2.75, 3.05) is 20.2 Å². The van der Waals surface area contributed by atoms with Crippen LogP contribution in [0.1, 0.15) is 37.1 Å². The highest BCUT2D eigenvalue weighted by atomic mass is 16.5. The summed E-state index contributed by atoms with van der Waals surface area (Å²) in [5, 5.41) is 8.42. The molecule has 0 saturated carbocycles. The Morgan fingerprint density at radius 3 is 2.76 bits per heavy atom. The molecule has 5 nitrogen and oxygen atoms in total. The molecule has 0 spiro atoms. The molecule has 0 radical (unpaired) electrons. The van der Waals surface area contributed by atoms with Gasteiger partial charge in [-0.05, 0) is 49.6 Å². The van der Waals surface area contributed by atoms with Crippen LogP contribution in [-0.4, -0.2) is 34.8 Å². The zero-order chi connectivity index (χ0) is 17.2. The van der Waals surface area contributed by atoms with Crippen LogP contribution in [0.4, 0.5) is 0 Å². The first-order valence-corrected chi connectivity index (χ1v) is 9.03. The van der Waals surface area contributed by atoms with Gasteiger partial charge in [-0.1, -0.05) is 19.1 Å². The van der Waals surface area contributed by atoms with Crippen molar-refractivity contribution in [1.82, 2.24) is 19.9 Å². The van der Waals surface area contributed by atoms with Gasteiger partial charge in [0.25, 0.3) is 0 Å². The number of hydrogen-bond acceptors (Lipinski definition) is 4. The van der Waals surface area contributed by atoms with Gasteiger partial charge in [0.2, 0.25) is 0 Å². The molecule has 25 heavy (non-hydrogen) atoms. The predicted molar refractivity (Wildman–Crippen MR) is 99.2 cm³/mol. The van der Waals surface area contributed by atoms with Crippen molar-refractivity contribution in [2.24, 2.45) is 0 Å². The van der Waals surface area contributed by atoms with Crippen molar-refractivity contribution in [2.45, 2.75) is 32.1 Å². The second kappa shape index (κ2) is 6.84. The first kappa shape index (κ1) is 16.1. The van der Waals surface area contributed by atoms with Crippen LogP contribution in [0, 0.1) is 0 Å². The van der Waals surface area contributed by atoms with Gasteiger partial charge in [-0.2, -0.15) is 5.10 Å². The first-order valence-electron chi connectivity index (χ1n) is 9.03. The fourth-order valence-corrected chi connectivity index (χ4v) is 3.72. The Hall–Kier alpha value is -2.40. The van der Waals surface area contributed by atoms with Crippen molar-refractivity contribution in [3.63, 3.8) is 0 Å². The molecule has 1 aliphatic rings. The van der Waals surface area contributed by atoms with Gasteiger partial charge >= 0.3 is 0 Å². The van der Waals surface area contributed by atoms with E-state index in [9.17, 15) is 0 Å². The number of nitrogens with one attached hydrogen (secondary N) is 1. The highest BCUT2D eigenvalue weighted by molar-refractivity contribution is 5.80. The molecule has 4 rings (SSSR count). The van der Waals surface area contributed by atoms with Gasteiger partial charge in [0, 0.05) is 24.2 Å². The van der Waals surface area contributed by atoms with Gasteiger partial charge in [-0.25, -0.2) is 9.50 Å². The molecule has 0 aliphatic carbocycles. The lowest BCUT2D eigenvalue weighted by atomic mass is 9.96. The van der Waals surface area contributed by atoms with Crippen molar-refractivity contribution in [1.29, 1.82) is 0 Å². The number of aryl methyl sites for hydroxylation is 1. The normalized spacial score (nSPS) is 17.8. The summed E-state index contributed by atoms with van der Waals surface area (Å²) in [6.45, 7) is 4.27. The highest BCUT2D eigenvalue weighted by Gasteiger charge is 2.22. The van der Waals surface area contributed by atoms with Crippen LogP contribution >= 0.6 is 0 Å². The third-order valence-electron chi connectivity index (χ3n) is 5.05. The smallest absolute Gasteiger partial charge is 0.163 e. The first-order chi connectivity index (χ1) is 12.3. The Bertz CT molecular complexity index is 863. The van der Waals surface area contributed by atoms with Gasteiger partial charge < -0.3 is 10.1 Å². The van der Waals surface area contributed by atoms with Crippen LogP contribution in [0.15, 0.2) is 36.5 Å². The number of benzene rings is 1. The molecular formula is C20H24N4O. The molecule has 1 atom stereocenters. The molecule has 1 aliphatic heterocycles. The van der Waals surface area contributed by atoms with Crippen LogP contribution in [0.25, 0.3) is 16.8 Å². The minimum absolute atomic E-state index is 0.493. The van der Waals surface area contributed by atoms with E-state index in [1.54, 1.807) is 7.11 Å². The molecule has 1 fully saturated rings. The van der Waals surface area contributed by atoms with E-state index in [-0.39, 0.29) is 0 Å². The minimum atomic E-state index is 0.493. The topological polar surface area (TPSA) is 51.5 Å². The van der Waals surface area contributed by atoms with Crippen LogP contribution in [0.3, 0.4) is 0 Å². The van der Waals surface area contributed by atoms with E-state index in [0.29, 0.717) is 5.92 Å². The number of aromatic nitrogens is 3. The Morgan fingerprint density at radius 2 is 2.08 bits per heavy atom. The van der Waals surface area contributed by atoms with Gasteiger partial charge in [-0.15, -0.1) is 0 Å².